The van der Waals surface area contributed by atoms with E-state index in [0.29, 0.717) is 12.1 Å². The van der Waals surface area contributed by atoms with E-state index in [1.165, 1.54) is 37.5 Å². The SMILES string of the molecule is CCC1CCCN(CCC(=O)Nc2ccc(F)c(N)c2)C1. The summed E-state index contributed by atoms with van der Waals surface area (Å²) >= 11 is 0. The molecule has 1 fully saturated rings. The molecule has 0 spiro atoms. The van der Waals surface area contributed by atoms with Crippen molar-refractivity contribution in [3.05, 3.63) is 24.0 Å². The van der Waals surface area contributed by atoms with Crippen molar-refractivity contribution in [2.75, 3.05) is 30.7 Å². The zero-order valence-electron chi connectivity index (χ0n) is 12.6. The molecule has 2 rings (SSSR count). The van der Waals surface area contributed by atoms with Crippen molar-refractivity contribution in [1.82, 2.24) is 4.90 Å². The molecule has 1 atom stereocenters. The molecule has 1 aromatic rings. The van der Waals surface area contributed by atoms with Crippen LogP contribution in [0.15, 0.2) is 18.2 Å². The van der Waals surface area contributed by atoms with Gasteiger partial charge in [0.1, 0.15) is 5.82 Å². The van der Waals surface area contributed by atoms with Crippen molar-refractivity contribution in [3.8, 4) is 0 Å². The van der Waals surface area contributed by atoms with Gasteiger partial charge in [-0.15, -0.1) is 0 Å². The van der Waals surface area contributed by atoms with E-state index < -0.39 is 5.82 Å². The Balaban J connectivity index is 1.78. The maximum Gasteiger partial charge on any atom is 0.225 e. The summed E-state index contributed by atoms with van der Waals surface area (Å²) in [6.45, 7) is 5.17. The highest BCUT2D eigenvalue weighted by atomic mass is 19.1. The largest absolute Gasteiger partial charge is 0.396 e. The lowest BCUT2D eigenvalue weighted by atomic mass is 9.95. The van der Waals surface area contributed by atoms with Crippen LogP contribution in [0.1, 0.15) is 32.6 Å². The van der Waals surface area contributed by atoms with Crippen molar-refractivity contribution < 1.29 is 9.18 Å². The van der Waals surface area contributed by atoms with E-state index in [0.717, 1.165) is 25.6 Å². The van der Waals surface area contributed by atoms with Crippen LogP contribution >= 0.6 is 0 Å². The van der Waals surface area contributed by atoms with Crippen LogP contribution in [0.4, 0.5) is 15.8 Å². The highest BCUT2D eigenvalue weighted by Gasteiger charge is 2.18. The minimum absolute atomic E-state index is 0.0506. The summed E-state index contributed by atoms with van der Waals surface area (Å²) in [5, 5.41) is 2.76. The van der Waals surface area contributed by atoms with Crippen LogP contribution in [0.2, 0.25) is 0 Å². The Labute approximate surface area is 125 Å². The maximum absolute atomic E-state index is 13.1. The number of halogens is 1. The van der Waals surface area contributed by atoms with Crippen LogP contribution in [0.5, 0.6) is 0 Å². The highest BCUT2D eigenvalue weighted by Crippen LogP contribution is 2.19. The maximum atomic E-state index is 13.1. The van der Waals surface area contributed by atoms with Crippen molar-refractivity contribution in [3.63, 3.8) is 0 Å². The second-order valence-corrected chi connectivity index (χ2v) is 5.75. The van der Waals surface area contributed by atoms with E-state index in [4.69, 9.17) is 5.73 Å². The van der Waals surface area contributed by atoms with Crippen molar-refractivity contribution in [1.29, 1.82) is 0 Å². The van der Waals surface area contributed by atoms with Gasteiger partial charge in [0.2, 0.25) is 5.91 Å². The van der Waals surface area contributed by atoms with Gasteiger partial charge in [-0.05, 0) is 43.5 Å². The number of benzene rings is 1. The number of carbonyl (C=O) groups excluding carboxylic acids is 1. The number of hydrogen-bond donors (Lipinski definition) is 2. The second-order valence-electron chi connectivity index (χ2n) is 5.75. The lowest BCUT2D eigenvalue weighted by molar-refractivity contribution is -0.116. The fourth-order valence-corrected chi connectivity index (χ4v) is 2.79. The molecule has 5 heteroatoms. The van der Waals surface area contributed by atoms with Crippen molar-refractivity contribution >= 4 is 17.3 Å². The Morgan fingerprint density at radius 2 is 2.33 bits per heavy atom. The standard InChI is InChI=1S/C16H24FN3O/c1-2-12-4-3-8-20(11-12)9-7-16(21)19-13-5-6-14(17)15(18)10-13/h5-6,10,12H,2-4,7-9,11,18H2,1H3,(H,19,21). The van der Waals surface area contributed by atoms with E-state index in [2.05, 4.69) is 17.1 Å². The minimum Gasteiger partial charge on any atom is -0.396 e. The molecular formula is C16H24FN3O. The molecule has 1 amide bonds. The van der Waals surface area contributed by atoms with Crippen LogP contribution in [0, 0.1) is 11.7 Å². The average molecular weight is 293 g/mol. The van der Waals surface area contributed by atoms with Gasteiger partial charge in [0.25, 0.3) is 0 Å². The quantitative estimate of drug-likeness (QED) is 0.821. The molecule has 0 aromatic heterocycles. The van der Waals surface area contributed by atoms with E-state index in [9.17, 15) is 9.18 Å². The van der Waals surface area contributed by atoms with Gasteiger partial charge in [0.05, 0.1) is 5.69 Å². The number of anilines is 2. The molecule has 0 saturated carbocycles. The van der Waals surface area contributed by atoms with E-state index in [1.807, 2.05) is 0 Å². The Morgan fingerprint density at radius 3 is 3.05 bits per heavy atom. The third-order valence-electron chi connectivity index (χ3n) is 4.12. The number of rotatable bonds is 5. The third kappa shape index (κ3) is 4.70. The Morgan fingerprint density at radius 1 is 1.52 bits per heavy atom. The van der Waals surface area contributed by atoms with Gasteiger partial charge in [0.15, 0.2) is 0 Å². The highest BCUT2D eigenvalue weighted by molar-refractivity contribution is 5.91. The first-order chi connectivity index (χ1) is 10.1. The fourth-order valence-electron chi connectivity index (χ4n) is 2.79. The van der Waals surface area contributed by atoms with Gasteiger partial charge in [-0.1, -0.05) is 13.3 Å². The summed E-state index contributed by atoms with van der Waals surface area (Å²) in [4.78, 5) is 14.3. The van der Waals surface area contributed by atoms with Crippen LogP contribution in [-0.2, 0) is 4.79 Å². The lowest BCUT2D eigenvalue weighted by Crippen LogP contribution is -2.37. The molecule has 116 valence electrons. The number of amides is 1. The summed E-state index contributed by atoms with van der Waals surface area (Å²) in [6, 6.07) is 4.24. The Kier molecular flexibility index (Phi) is 5.56. The fraction of sp³-hybridized carbons (Fsp3) is 0.562. The van der Waals surface area contributed by atoms with Crippen LogP contribution < -0.4 is 11.1 Å². The topological polar surface area (TPSA) is 58.4 Å². The van der Waals surface area contributed by atoms with E-state index in [1.54, 1.807) is 0 Å². The number of hydrogen-bond acceptors (Lipinski definition) is 3. The third-order valence-corrected chi connectivity index (χ3v) is 4.12. The number of piperidine rings is 1. The number of nitrogen functional groups attached to an aromatic ring is 1. The second kappa shape index (κ2) is 7.41. The molecule has 1 heterocycles. The number of nitrogens with zero attached hydrogens (tertiary/aromatic N) is 1. The smallest absolute Gasteiger partial charge is 0.225 e. The van der Waals surface area contributed by atoms with Gasteiger partial charge < -0.3 is 16.0 Å². The Hall–Kier alpha value is -1.62. The first-order valence-electron chi connectivity index (χ1n) is 7.65. The van der Waals surface area contributed by atoms with Gasteiger partial charge in [-0.25, -0.2) is 4.39 Å². The Bertz CT molecular complexity index is 492. The molecule has 21 heavy (non-hydrogen) atoms. The summed E-state index contributed by atoms with van der Waals surface area (Å²) in [5.41, 5.74) is 6.08. The monoisotopic (exact) mass is 293 g/mol. The van der Waals surface area contributed by atoms with Gasteiger partial charge >= 0.3 is 0 Å². The van der Waals surface area contributed by atoms with Crippen LogP contribution in [0.25, 0.3) is 0 Å². The molecule has 1 aromatic carbocycles. The number of carbonyl (C=O) groups is 1. The predicted molar refractivity (Wildman–Crippen MR) is 83.5 cm³/mol. The molecule has 1 unspecified atom stereocenters. The number of likely N-dealkylation sites (tertiary alicyclic amines) is 1. The zero-order chi connectivity index (χ0) is 15.2. The minimum atomic E-state index is -0.466. The van der Waals surface area contributed by atoms with E-state index in [-0.39, 0.29) is 11.6 Å². The number of nitrogens with one attached hydrogen (secondary N) is 1. The normalized spacial score (nSPS) is 19.4. The summed E-state index contributed by atoms with van der Waals surface area (Å²) in [6.07, 6.45) is 4.17. The van der Waals surface area contributed by atoms with Crippen molar-refractivity contribution in [2.24, 2.45) is 5.92 Å². The summed E-state index contributed by atoms with van der Waals surface area (Å²) in [7, 11) is 0. The molecule has 0 radical (unpaired) electrons. The van der Waals surface area contributed by atoms with Gasteiger partial charge in [-0.2, -0.15) is 0 Å². The number of nitrogens with two attached hydrogens (primary N) is 1. The molecule has 0 bridgehead atoms. The zero-order valence-corrected chi connectivity index (χ0v) is 12.6. The van der Waals surface area contributed by atoms with Gasteiger partial charge in [-0.3, -0.25) is 4.79 Å². The molecule has 1 aliphatic rings. The average Bonchev–Trinajstić information content (AvgIpc) is 2.49. The molecular weight excluding hydrogens is 269 g/mol. The lowest BCUT2D eigenvalue weighted by Gasteiger charge is -2.31. The molecule has 0 aliphatic carbocycles. The first kappa shape index (κ1) is 15.8. The molecule has 4 nitrogen and oxygen atoms in total. The van der Waals surface area contributed by atoms with E-state index >= 15 is 0 Å². The molecule has 1 saturated heterocycles. The summed E-state index contributed by atoms with van der Waals surface area (Å²) < 4.78 is 13.1. The van der Waals surface area contributed by atoms with Crippen molar-refractivity contribution in [2.45, 2.75) is 32.6 Å². The van der Waals surface area contributed by atoms with Gasteiger partial charge in [0, 0.05) is 25.2 Å². The first-order valence-corrected chi connectivity index (χ1v) is 7.65. The molecule has 3 N–H and O–H groups in total. The summed E-state index contributed by atoms with van der Waals surface area (Å²) in [5.74, 6) is 0.241. The van der Waals surface area contributed by atoms with Crippen LogP contribution in [-0.4, -0.2) is 30.4 Å². The molecule has 1 aliphatic heterocycles. The van der Waals surface area contributed by atoms with Crippen LogP contribution in [0.3, 0.4) is 0 Å². The predicted octanol–water partition coefficient (Wildman–Crippen LogP) is 2.86.